The Kier molecular flexibility index (Phi) is 5.56. The third kappa shape index (κ3) is 4.04. The summed E-state index contributed by atoms with van der Waals surface area (Å²) in [5, 5.41) is 10.7. The fourth-order valence-electron chi connectivity index (χ4n) is 2.83. The van der Waals surface area contributed by atoms with Crippen LogP contribution in [0.1, 0.15) is 6.92 Å². The highest BCUT2D eigenvalue weighted by molar-refractivity contribution is 5.83. The maximum atomic E-state index is 11.9. The second-order valence-corrected chi connectivity index (χ2v) is 5.93. The lowest BCUT2D eigenvalue weighted by molar-refractivity contribution is -0.143. The molecule has 2 aromatic heterocycles. The van der Waals surface area contributed by atoms with Crippen LogP contribution in [-0.2, 0) is 21.4 Å². The van der Waals surface area contributed by atoms with E-state index in [1.54, 1.807) is 18.7 Å². The maximum Gasteiger partial charge on any atom is 0.325 e. The molecule has 26 heavy (non-hydrogen) atoms. The number of nitrogens with zero attached hydrogens (tertiary/aromatic N) is 7. The Morgan fingerprint density at radius 2 is 2.00 bits per heavy atom. The number of anilines is 1. The van der Waals surface area contributed by atoms with E-state index < -0.39 is 5.97 Å². The van der Waals surface area contributed by atoms with Gasteiger partial charge in [-0.1, -0.05) is 5.21 Å². The molecule has 3 heterocycles. The fraction of sp³-hybridized carbons (Fsp3) is 0.600. The van der Waals surface area contributed by atoms with Crippen molar-refractivity contribution in [1.29, 1.82) is 0 Å². The summed E-state index contributed by atoms with van der Waals surface area (Å²) >= 11 is 0. The van der Waals surface area contributed by atoms with Crippen LogP contribution in [0.3, 0.4) is 0 Å². The first-order valence-corrected chi connectivity index (χ1v) is 8.48. The number of amides is 1. The predicted molar refractivity (Wildman–Crippen MR) is 92.4 cm³/mol. The first kappa shape index (κ1) is 18.0. The minimum absolute atomic E-state index is 0.0990. The lowest BCUT2D eigenvalue weighted by Crippen LogP contribution is -2.50. The second kappa shape index (κ2) is 8.04. The van der Waals surface area contributed by atoms with E-state index >= 15 is 0 Å². The number of fused-ring (bicyclic) bond motifs is 1. The van der Waals surface area contributed by atoms with E-state index in [-0.39, 0.29) is 19.0 Å². The number of aryl methyl sites for hydroxylation is 1. The summed E-state index contributed by atoms with van der Waals surface area (Å²) in [6, 6.07) is 0. The average molecular weight is 362 g/mol. The number of esters is 1. The van der Waals surface area contributed by atoms with E-state index in [2.05, 4.69) is 30.5 Å². The number of rotatable bonds is 6. The zero-order valence-corrected chi connectivity index (χ0v) is 14.9. The summed E-state index contributed by atoms with van der Waals surface area (Å²) in [7, 11) is 1.79. The van der Waals surface area contributed by atoms with Crippen LogP contribution < -0.4 is 10.2 Å². The van der Waals surface area contributed by atoms with E-state index in [0.29, 0.717) is 43.9 Å². The molecule has 1 saturated heterocycles. The van der Waals surface area contributed by atoms with Crippen LogP contribution >= 0.6 is 0 Å². The summed E-state index contributed by atoms with van der Waals surface area (Å²) in [4.78, 5) is 35.9. The SMILES string of the molecule is CCOC(=O)CNC(=O)CN1CCN(c2ncnc3c2nnn3C)CC1. The van der Waals surface area contributed by atoms with Crippen LogP contribution in [-0.4, -0.2) is 87.6 Å². The maximum absolute atomic E-state index is 11.9. The van der Waals surface area contributed by atoms with Crippen LogP contribution in [0.2, 0.25) is 0 Å². The van der Waals surface area contributed by atoms with Crippen molar-refractivity contribution in [2.24, 2.45) is 7.05 Å². The van der Waals surface area contributed by atoms with Crippen molar-refractivity contribution in [3.8, 4) is 0 Å². The molecule has 140 valence electrons. The lowest BCUT2D eigenvalue weighted by Gasteiger charge is -2.34. The molecule has 11 nitrogen and oxygen atoms in total. The largest absolute Gasteiger partial charge is 0.465 e. The van der Waals surface area contributed by atoms with E-state index in [1.165, 1.54) is 6.33 Å². The van der Waals surface area contributed by atoms with E-state index in [4.69, 9.17) is 4.74 Å². The van der Waals surface area contributed by atoms with Crippen molar-refractivity contribution in [1.82, 2.24) is 35.2 Å². The molecule has 0 radical (unpaired) electrons. The third-order valence-electron chi connectivity index (χ3n) is 4.14. The summed E-state index contributed by atoms with van der Waals surface area (Å²) in [6.07, 6.45) is 1.51. The average Bonchev–Trinajstić information content (AvgIpc) is 3.02. The van der Waals surface area contributed by atoms with Gasteiger partial charge < -0.3 is 15.0 Å². The highest BCUT2D eigenvalue weighted by Crippen LogP contribution is 2.21. The summed E-state index contributed by atoms with van der Waals surface area (Å²) in [5.74, 6) is 0.141. The molecule has 0 spiro atoms. The van der Waals surface area contributed by atoms with E-state index in [1.807, 2.05) is 4.90 Å². The standard InChI is InChI=1S/C15H22N8O3/c1-3-26-12(25)8-16-11(24)9-22-4-6-23(7-5-22)15-13-14(17-10-18-15)21(2)20-19-13/h10H,3-9H2,1-2H3,(H,16,24). The second-order valence-electron chi connectivity index (χ2n) is 5.93. The topological polar surface area (TPSA) is 118 Å². The van der Waals surface area contributed by atoms with E-state index in [9.17, 15) is 9.59 Å². The number of hydrogen-bond donors (Lipinski definition) is 1. The van der Waals surface area contributed by atoms with Crippen molar-refractivity contribution < 1.29 is 14.3 Å². The molecule has 1 aliphatic rings. The number of ether oxygens (including phenoxy) is 1. The lowest BCUT2D eigenvalue weighted by atomic mass is 10.3. The van der Waals surface area contributed by atoms with Crippen LogP contribution in [0.5, 0.6) is 0 Å². The van der Waals surface area contributed by atoms with Gasteiger partial charge in [0.25, 0.3) is 0 Å². The van der Waals surface area contributed by atoms with Crippen LogP contribution in [0, 0.1) is 0 Å². The molecule has 2 aromatic rings. The van der Waals surface area contributed by atoms with Gasteiger partial charge in [-0.25, -0.2) is 14.6 Å². The monoisotopic (exact) mass is 362 g/mol. The van der Waals surface area contributed by atoms with Gasteiger partial charge in [-0.05, 0) is 6.92 Å². The normalized spacial score (nSPS) is 15.2. The van der Waals surface area contributed by atoms with Gasteiger partial charge in [0, 0.05) is 33.2 Å². The van der Waals surface area contributed by atoms with Crippen molar-refractivity contribution in [3.63, 3.8) is 0 Å². The minimum Gasteiger partial charge on any atom is -0.465 e. The number of carbonyl (C=O) groups is 2. The quantitative estimate of drug-likeness (QED) is 0.616. The van der Waals surface area contributed by atoms with Crippen LogP contribution in [0.15, 0.2) is 6.33 Å². The van der Waals surface area contributed by atoms with Gasteiger partial charge in [0.1, 0.15) is 12.9 Å². The molecule has 1 fully saturated rings. The minimum atomic E-state index is -0.428. The molecule has 0 unspecified atom stereocenters. The summed E-state index contributed by atoms with van der Waals surface area (Å²) in [6.45, 7) is 5.03. The molecule has 11 heteroatoms. The van der Waals surface area contributed by atoms with Gasteiger partial charge in [0.15, 0.2) is 17.0 Å². The molecule has 1 amide bonds. The van der Waals surface area contributed by atoms with Gasteiger partial charge in [0.05, 0.1) is 13.2 Å². The van der Waals surface area contributed by atoms with Gasteiger partial charge in [-0.15, -0.1) is 5.10 Å². The molecule has 0 bridgehead atoms. The zero-order chi connectivity index (χ0) is 18.5. The Morgan fingerprint density at radius 3 is 2.73 bits per heavy atom. The van der Waals surface area contributed by atoms with Crippen molar-refractivity contribution in [2.75, 3.05) is 50.8 Å². The number of piperazine rings is 1. The third-order valence-corrected chi connectivity index (χ3v) is 4.14. The molecule has 0 atom stereocenters. The molecular formula is C15H22N8O3. The summed E-state index contributed by atoms with van der Waals surface area (Å²) in [5.41, 5.74) is 1.37. The van der Waals surface area contributed by atoms with Crippen molar-refractivity contribution >= 4 is 28.9 Å². The molecule has 1 N–H and O–H groups in total. The molecule has 3 rings (SSSR count). The van der Waals surface area contributed by atoms with E-state index in [0.717, 1.165) is 5.82 Å². The Hall–Kier alpha value is -2.82. The van der Waals surface area contributed by atoms with Gasteiger partial charge in [-0.2, -0.15) is 0 Å². The number of hydrogen-bond acceptors (Lipinski definition) is 9. The molecule has 0 saturated carbocycles. The smallest absolute Gasteiger partial charge is 0.325 e. The highest BCUT2D eigenvalue weighted by Gasteiger charge is 2.23. The summed E-state index contributed by atoms with van der Waals surface area (Å²) < 4.78 is 6.40. The van der Waals surface area contributed by atoms with Gasteiger partial charge in [0.2, 0.25) is 5.91 Å². The Labute approximate surface area is 150 Å². The van der Waals surface area contributed by atoms with Crippen molar-refractivity contribution in [2.45, 2.75) is 6.92 Å². The Balaban J connectivity index is 1.51. The Bertz CT molecular complexity index is 784. The predicted octanol–water partition coefficient (Wildman–Crippen LogP) is -1.44. The van der Waals surface area contributed by atoms with Gasteiger partial charge in [-0.3, -0.25) is 14.5 Å². The highest BCUT2D eigenvalue weighted by atomic mass is 16.5. The fourth-order valence-corrected chi connectivity index (χ4v) is 2.83. The molecule has 1 aliphatic heterocycles. The van der Waals surface area contributed by atoms with Crippen LogP contribution in [0.25, 0.3) is 11.2 Å². The number of aromatic nitrogens is 5. The van der Waals surface area contributed by atoms with Crippen molar-refractivity contribution in [3.05, 3.63) is 6.33 Å². The first-order chi connectivity index (χ1) is 12.6. The van der Waals surface area contributed by atoms with Gasteiger partial charge >= 0.3 is 5.97 Å². The molecular weight excluding hydrogens is 340 g/mol. The first-order valence-electron chi connectivity index (χ1n) is 8.48. The molecule has 0 aliphatic carbocycles. The number of nitrogens with one attached hydrogen (secondary N) is 1. The molecule has 0 aromatic carbocycles. The number of carbonyl (C=O) groups excluding carboxylic acids is 2. The zero-order valence-electron chi connectivity index (χ0n) is 14.9. The Morgan fingerprint density at radius 1 is 1.23 bits per heavy atom. The van der Waals surface area contributed by atoms with Crippen LogP contribution in [0.4, 0.5) is 5.82 Å².